The predicted octanol–water partition coefficient (Wildman–Crippen LogP) is 3.20. The Hall–Kier alpha value is -1.51. The number of carbonyl (C=O) groups is 1. The number of nitrogens with zero attached hydrogens (tertiary/aromatic N) is 1. The highest BCUT2D eigenvalue weighted by atomic mass is 16.2. The lowest BCUT2D eigenvalue weighted by molar-refractivity contribution is 0.156. The Morgan fingerprint density at radius 2 is 1.76 bits per heavy atom. The Morgan fingerprint density at radius 1 is 1.18 bits per heavy atom. The van der Waals surface area contributed by atoms with Crippen LogP contribution in [0.15, 0.2) is 30.3 Å². The van der Waals surface area contributed by atoms with Gasteiger partial charge >= 0.3 is 6.03 Å². The summed E-state index contributed by atoms with van der Waals surface area (Å²) in [7, 11) is 0. The van der Waals surface area contributed by atoms with Crippen LogP contribution in [0.1, 0.15) is 20.3 Å². The first kappa shape index (κ1) is 12.0. The molecule has 17 heavy (non-hydrogen) atoms. The smallest absolute Gasteiger partial charge is 0.321 e. The molecule has 1 N–H and O–H groups in total. The molecule has 0 spiro atoms. The quantitative estimate of drug-likeness (QED) is 0.792. The minimum atomic E-state index is 0.0228. The molecule has 1 saturated heterocycles. The van der Waals surface area contributed by atoms with E-state index in [2.05, 4.69) is 19.2 Å². The highest BCUT2D eigenvalue weighted by Gasteiger charge is 2.25. The largest absolute Gasteiger partial charge is 0.324 e. The molecule has 0 radical (unpaired) electrons. The van der Waals surface area contributed by atoms with Gasteiger partial charge in [0.2, 0.25) is 0 Å². The molecule has 92 valence electrons. The molecule has 1 aromatic carbocycles. The molecule has 0 saturated carbocycles. The number of likely N-dealkylation sites (tertiary alicyclic amines) is 1. The predicted molar refractivity (Wildman–Crippen MR) is 70.0 cm³/mol. The molecule has 2 atom stereocenters. The van der Waals surface area contributed by atoms with Crippen molar-refractivity contribution in [2.75, 3.05) is 18.4 Å². The maximum atomic E-state index is 12.1. The van der Waals surface area contributed by atoms with Crippen molar-refractivity contribution in [3.8, 4) is 0 Å². The minimum Gasteiger partial charge on any atom is -0.324 e. The summed E-state index contributed by atoms with van der Waals surface area (Å²) in [6.07, 6.45) is 1.22. The number of rotatable bonds is 1. The lowest BCUT2D eigenvalue weighted by atomic mass is 9.92. The number of amides is 2. The van der Waals surface area contributed by atoms with Crippen LogP contribution in [0.25, 0.3) is 0 Å². The second-order valence-corrected chi connectivity index (χ2v) is 5.15. The van der Waals surface area contributed by atoms with Gasteiger partial charge in [0, 0.05) is 18.8 Å². The summed E-state index contributed by atoms with van der Waals surface area (Å²) in [6, 6.07) is 9.65. The number of anilines is 1. The summed E-state index contributed by atoms with van der Waals surface area (Å²) in [5.41, 5.74) is 0.864. The third-order valence-electron chi connectivity index (χ3n) is 3.18. The number of urea groups is 1. The van der Waals surface area contributed by atoms with E-state index in [1.165, 1.54) is 6.42 Å². The van der Waals surface area contributed by atoms with E-state index in [4.69, 9.17) is 0 Å². The van der Waals surface area contributed by atoms with Crippen LogP contribution in [0.5, 0.6) is 0 Å². The first-order valence-electron chi connectivity index (χ1n) is 6.26. The van der Waals surface area contributed by atoms with Gasteiger partial charge in [-0.3, -0.25) is 0 Å². The van der Waals surface area contributed by atoms with Crippen LogP contribution in [0.4, 0.5) is 10.5 Å². The topological polar surface area (TPSA) is 32.3 Å². The molecular weight excluding hydrogens is 212 g/mol. The molecule has 1 fully saturated rings. The summed E-state index contributed by atoms with van der Waals surface area (Å²) in [5, 5.41) is 2.94. The first-order valence-corrected chi connectivity index (χ1v) is 6.26. The average Bonchev–Trinajstić information content (AvgIpc) is 2.29. The van der Waals surface area contributed by atoms with Crippen molar-refractivity contribution in [3.63, 3.8) is 0 Å². The van der Waals surface area contributed by atoms with E-state index >= 15 is 0 Å². The van der Waals surface area contributed by atoms with Crippen molar-refractivity contribution in [3.05, 3.63) is 30.3 Å². The third-order valence-corrected chi connectivity index (χ3v) is 3.18. The van der Waals surface area contributed by atoms with Crippen molar-refractivity contribution in [1.29, 1.82) is 0 Å². The maximum Gasteiger partial charge on any atom is 0.321 e. The molecule has 2 amide bonds. The van der Waals surface area contributed by atoms with Crippen LogP contribution in [-0.4, -0.2) is 24.0 Å². The Balaban J connectivity index is 1.96. The van der Waals surface area contributed by atoms with E-state index in [0.717, 1.165) is 18.8 Å². The molecule has 1 heterocycles. The zero-order valence-electron chi connectivity index (χ0n) is 10.5. The van der Waals surface area contributed by atoms with Crippen molar-refractivity contribution in [2.24, 2.45) is 11.8 Å². The number of hydrogen-bond donors (Lipinski definition) is 1. The summed E-state index contributed by atoms with van der Waals surface area (Å²) in [6.45, 7) is 6.14. The Labute approximate surface area is 103 Å². The fraction of sp³-hybridized carbons (Fsp3) is 0.500. The number of piperidine rings is 1. The Morgan fingerprint density at radius 3 is 2.35 bits per heavy atom. The van der Waals surface area contributed by atoms with Crippen molar-refractivity contribution >= 4 is 11.7 Å². The van der Waals surface area contributed by atoms with Gasteiger partial charge in [-0.05, 0) is 30.4 Å². The van der Waals surface area contributed by atoms with E-state index in [9.17, 15) is 4.79 Å². The number of nitrogens with one attached hydrogen (secondary N) is 1. The third kappa shape index (κ3) is 3.22. The molecule has 2 rings (SSSR count). The summed E-state index contributed by atoms with van der Waals surface area (Å²) >= 11 is 0. The van der Waals surface area contributed by atoms with E-state index in [1.54, 1.807) is 0 Å². The van der Waals surface area contributed by atoms with Gasteiger partial charge in [-0.1, -0.05) is 32.0 Å². The fourth-order valence-corrected chi connectivity index (χ4v) is 2.55. The maximum absolute atomic E-state index is 12.1. The van der Waals surface area contributed by atoms with Gasteiger partial charge in [-0.15, -0.1) is 0 Å². The van der Waals surface area contributed by atoms with Crippen molar-refractivity contribution in [2.45, 2.75) is 20.3 Å². The normalized spacial score (nSPS) is 24.5. The van der Waals surface area contributed by atoms with E-state index in [0.29, 0.717) is 11.8 Å². The van der Waals surface area contributed by atoms with Gasteiger partial charge in [0.05, 0.1) is 0 Å². The zero-order valence-corrected chi connectivity index (χ0v) is 10.5. The molecule has 1 aliphatic rings. The second-order valence-electron chi connectivity index (χ2n) is 5.15. The average molecular weight is 232 g/mol. The molecule has 1 aliphatic heterocycles. The number of para-hydroxylation sites is 1. The molecular formula is C14H20N2O. The van der Waals surface area contributed by atoms with E-state index in [1.807, 2.05) is 35.2 Å². The van der Waals surface area contributed by atoms with Gasteiger partial charge in [0.1, 0.15) is 0 Å². The van der Waals surface area contributed by atoms with Crippen molar-refractivity contribution < 1.29 is 4.79 Å². The standard InChI is InChI=1S/C14H20N2O/c1-11-8-12(2)10-16(9-11)14(17)15-13-6-4-3-5-7-13/h3-7,11-12H,8-10H2,1-2H3,(H,15,17)/t11-,12-/m1/s1. The molecule has 3 heteroatoms. The van der Waals surface area contributed by atoms with Crippen LogP contribution in [0.3, 0.4) is 0 Å². The summed E-state index contributed by atoms with van der Waals surface area (Å²) in [4.78, 5) is 14.0. The molecule has 0 aliphatic carbocycles. The van der Waals surface area contributed by atoms with Crippen LogP contribution in [0.2, 0.25) is 0 Å². The lowest BCUT2D eigenvalue weighted by Crippen LogP contribution is -2.44. The second kappa shape index (κ2) is 5.21. The Kier molecular flexibility index (Phi) is 3.67. The summed E-state index contributed by atoms with van der Waals surface area (Å²) < 4.78 is 0. The van der Waals surface area contributed by atoms with Crippen LogP contribution in [-0.2, 0) is 0 Å². The SMILES string of the molecule is C[C@@H]1C[C@@H](C)CN(C(=O)Nc2ccccc2)C1. The molecule has 0 aromatic heterocycles. The minimum absolute atomic E-state index is 0.0228. The Bertz CT molecular complexity index is 367. The zero-order chi connectivity index (χ0) is 12.3. The van der Waals surface area contributed by atoms with Gasteiger partial charge < -0.3 is 10.2 Å². The van der Waals surface area contributed by atoms with E-state index in [-0.39, 0.29) is 6.03 Å². The first-order chi connectivity index (χ1) is 8.15. The van der Waals surface area contributed by atoms with Crippen molar-refractivity contribution in [1.82, 2.24) is 4.90 Å². The van der Waals surface area contributed by atoms with Crippen LogP contribution in [0, 0.1) is 11.8 Å². The molecule has 0 bridgehead atoms. The van der Waals surface area contributed by atoms with Gasteiger partial charge in [-0.25, -0.2) is 4.79 Å². The highest BCUT2D eigenvalue weighted by Crippen LogP contribution is 2.21. The number of hydrogen-bond acceptors (Lipinski definition) is 1. The lowest BCUT2D eigenvalue weighted by Gasteiger charge is -2.34. The van der Waals surface area contributed by atoms with Gasteiger partial charge in [0.15, 0.2) is 0 Å². The number of carbonyl (C=O) groups excluding carboxylic acids is 1. The monoisotopic (exact) mass is 232 g/mol. The molecule has 1 aromatic rings. The van der Waals surface area contributed by atoms with Gasteiger partial charge in [-0.2, -0.15) is 0 Å². The van der Waals surface area contributed by atoms with E-state index < -0.39 is 0 Å². The molecule has 0 unspecified atom stereocenters. The highest BCUT2D eigenvalue weighted by molar-refractivity contribution is 5.89. The van der Waals surface area contributed by atoms with Crippen LogP contribution < -0.4 is 5.32 Å². The fourth-order valence-electron chi connectivity index (χ4n) is 2.55. The molecule has 3 nitrogen and oxygen atoms in total. The van der Waals surface area contributed by atoms with Gasteiger partial charge in [0.25, 0.3) is 0 Å². The summed E-state index contributed by atoms with van der Waals surface area (Å²) in [5.74, 6) is 1.19. The number of benzene rings is 1. The van der Waals surface area contributed by atoms with Crippen LogP contribution >= 0.6 is 0 Å².